The van der Waals surface area contributed by atoms with E-state index in [1.165, 1.54) is 19.3 Å². The van der Waals surface area contributed by atoms with Crippen molar-refractivity contribution in [3.05, 3.63) is 0 Å². The number of hydrogen-bond donors (Lipinski definition) is 1. The number of rotatable bonds is 7. The van der Waals surface area contributed by atoms with E-state index in [0.29, 0.717) is 12.1 Å². The lowest BCUT2D eigenvalue weighted by molar-refractivity contribution is -0.00103. The first kappa shape index (κ1) is 14.8. The van der Waals surface area contributed by atoms with Crippen LogP contribution in [0.5, 0.6) is 0 Å². The average Bonchev–Trinajstić information content (AvgIpc) is 3.20. The number of nitrogens with one attached hydrogen (secondary N) is 1. The zero-order valence-corrected chi connectivity index (χ0v) is 12.3. The quantitative estimate of drug-likeness (QED) is 0.714. The van der Waals surface area contributed by atoms with E-state index in [-0.39, 0.29) is 5.54 Å². The zero-order valence-electron chi connectivity index (χ0n) is 12.3. The Hall–Kier alpha value is -0.630. The fourth-order valence-electron chi connectivity index (χ4n) is 2.73. The van der Waals surface area contributed by atoms with Crippen molar-refractivity contribution in [1.82, 2.24) is 10.2 Å². The van der Waals surface area contributed by atoms with Gasteiger partial charge in [0.25, 0.3) is 0 Å². The molecule has 4 nitrogen and oxygen atoms in total. The van der Waals surface area contributed by atoms with Gasteiger partial charge in [0.15, 0.2) is 0 Å². The Morgan fingerprint density at radius 1 is 1.42 bits per heavy atom. The van der Waals surface area contributed by atoms with Crippen LogP contribution in [0.25, 0.3) is 0 Å². The van der Waals surface area contributed by atoms with Crippen molar-refractivity contribution in [2.75, 3.05) is 26.3 Å². The molecule has 1 aliphatic carbocycles. The highest BCUT2D eigenvalue weighted by molar-refractivity contribution is 5.06. The molecule has 2 atom stereocenters. The Balaban J connectivity index is 1.63. The molecule has 1 saturated heterocycles. The molecule has 108 valence electrons. The molecule has 0 amide bonds. The molecule has 1 aliphatic heterocycles. The average molecular weight is 265 g/mol. The molecule has 0 aromatic carbocycles. The molecule has 2 rings (SSSR count). The Morgan fingerprint density at radius 3 is 2.84 bits per heavy atom. The van der Waals surface area contributed by atoms with Crippen molar-refractivity contribution in [2.24, 2.45) is 0 Å². The summed E-state index contributed by atoms with van der Waals surface area (Å²) >= 11 is 0. The molecule has 0 aromatic rings. The number of nitriles is 1. The Kier molecular flexibility index (Phi) is 5.20. The fraction of sp³-hybridized carbons (Fsp3) is 0.933. The van der Waals surface area contributed by atoms with E-state index in [1.54, 1.807) is 0 Å². The van der Waals surface area contributed by atoms with Gasteiger partial charge in [0.1, 0.15) is 5.54 Å². The second kappa shape index (κ2) is 6.69. The summed E-state index contributed by atoms with van der Waals surface area (Å²) in [6.45, 7) is 8.19. The maximum Gasteiger partial charge on any atom is 0.104 e. The lowest BCUT2D eigenvalue weighted by atomic mass is 9.96. The highest BCUT2D eigenvalue weighted by atomic mass is 16.5. The minimum absolute atomic E-state index is 0.322. The van der Waals surface area contributed by atoms with Gasteiger partial charge in [-0.05, 0) is 52.5 Å². The predicted octanol–water partition coefficient (Wildman–Crippen LogP) is 1.91. The molecular weight excluding hydrogens is 238 g/mol. The smallest absolute Gasteiger partial charge is 0.104 e. The molecule has 2 aliphatic rings. The van der Waals surface area contributed by atoms with Gasteiger partial charge in [-0.2, -0.15) is 5.26 Å². The van der Waals surface area contributed by atoms with Gasteiger partial charge < -0.3 is 4.74 Å². The summed E-state index contributed by atoms with van der Waals surface area (Å²) in [4.78, 5) is 2.50. The molecule has 1 heterocycles. The monoisotopic (exact) mass is 265 g/mol. The van der Waals surface area contributed by atoms with E-state index in [9.17, 15) is 5.26 Å². The standard InChI is InChI=1S/C15H27N3O/c1-13-11-19-10-9-18(13)8-4-3-7-15(2,12-16)17-14-5-6-14/h13-14,17H,3-11H2,1-2H3. The summed E-state index contributed by atoms with van der Waals surface area (Å²) in [6, 6.07) is 3.60. The molecule has 0 spiro atoms. The third kappa shape index (κ3) is 4.76. The fourth-order valence-corrected chi connectivity index (χ4v) is 2.73. The largest absolute Gasteiger partial charge is 0.379 e. The van der Waals surface area contributed by atoms with Gasteiger partial charge in [0, 0.05) is 18.6 Å². The van der Waals surface area contributed by atoms with Crippen molar-refractivity contribution >= 4 is 0 Å². The van der Waals surface area contributed by atoms with Gasteiger partial charge in [0.2, 0.25) is 0 Å². The van der Waals surface area contributed by atoms with Gasteiger partial charge in [-0.1, -0.05) is 0 Å². The Bertz CT molecular complexity index is 324. The number of morpholine rings is 1. The van der Waals surface area contributed by atoms with Crippen molar-refractivity contribution < 1.29 is 4.74 Å². The van der Waals surface area contributed by atoms with Gasteiger partial charge in [-0.3, -0.25) is 10.2 Å². The second-order valence-corrected chi connectivity index (χ2v) is 6.28. The molecule has 0 bridgehead atoms. The molecule has 1 N–H and O–H groups in total. The van der Waals surface area contributed by atoms with Crippen LogP contribution in [0.4, 0.5) is 0 Å². The number of hydrogen-bond acceptors (Lipinski definition) is 4. The van der Waals surface area contributed by atoms with Crippen LogP contribution in [0.1, 0.15) is 46.0 Å². The first-order chi connectivity index (χ1) is 9.13. The third-order valence-corrected chi connectivity index (χ3v) is 4.22. The van der Waals surface area contributed by atoms with Gasteiger partial charge >= 0.3 is 0 Å². The molecular formula is C15H27N3O. The van der Waals surface area contributed by atoms with Gasteiger partial charge in [-0.15, -0.1) is 0 Å². The summed E-state index contributed by atoms with van der Waals surface area (Å²) in [5.41, 5.74) is -0.322. The van der Waals surface area contributed by atoms with Gasteiger partial charge in [0.05, 0.1) is 19.3 Å². The Morgan fingerprint density at radius 2 is 2.21 bits per heavy atom. The number of ether oxygens (including phenoxy) is 1. The molecule has 2 fully saturated rings. The van der Waals surface area contributed by atoms with Crippen LogP contribution in [0, 0.1) is 11.3 Å². The summed E-state index contributed by atoms with van der Waals surface area (Å²) < 4.78 is 5.45. The van der Waals surface area contributed by atoms with Crippen molar-refractivity contribution in [1.29, 1.82) is 5.26 Å². The SMILES string of the molecule is CC1COCCN1CCCCC(C)(C#N)NC1CC1. The molecule has 1 saturated carbocycles. The van der Waals surface area contributed by atoms with Crippen molar-refractivity contribution in [3.8, 4) is 6.07 Å². The highest BCUT2D eigenvalue weighted by Gasteiger charge is 2.32. The van der Waals surface area contributed by atoms with E-state index < -0.39 is 0 Å². The van der Waals surface area contributed by atoms with Crippen LogP contribution in [0.2, 0.25) is 0 Å². The summed E-state index contributed by atoms with van der Waals surface area (Å²) in [7, 11) is 0. The second-order valence-electron chi connectivity index (χ2n) is 6.28. The van der Waals surface area contributed by atoms with Crippen LogP contribution >= 0.6 is 0 Å². The lowest BCUT2D eigenvalue weighted by Gasteiger charge is -2.33. The predicted molar refractivity (Wildman–Crippen MR) is 75.9 cm³/mol. The van der Waals surface area contributed by atoms with E-state index in [2.05, 4.69) is 23.2 Å². The van der Waals surface area contributed by atoms with Crippen LogP contribution in [-0.2, 0) is 4.74 Å². The molecule has 0 radical (unpaired) electrons. The first-order valence-corrected chi connectivity index (χ1v) is 7.64. The van der Waals surface area contributed by atoms with Crippen molar-refractivity contribution in [2.45, 2.75) is 63.6 Å². The van der Waals surface area contributed by atoms with E-state index in [4.69, 9.17) is 4.74 Å². The summed E-state index contributed by atoms with van der Waals surface area (Å²) in [5, 5.41) is 12.8. The number of nitrogens with zero attached hydrogens (tertiary/aromatic N) is 2. The van der Waals surface area contributed by atoms with Crippen LogP contribution in [-0.4, -0.2) is 48.8 Å². The zero-order chi connectivity index (χ0) is 13.7. The molecule has 0 aromatic heterocycles. The van der Waals surface area contributed by atoms with E-state index >= 15 is 0 Å². The topological polar surface area (TPSA) is 48.3 Å². The highest BCUT2D eigenvalue weighted by Crippen LogP contribution is 2.24. The minimum Gasteiger partial charge on any atom is -0.379 e. The molecule has 19 heavy (non-hydrogen) atoms. The lowest BCUT2D eigenvalue weighted by Crippen LogP contribution is -2.44. The summed E-state index contributed by atoms with van der Waals surface area (Å²) in [5.74, 6) is 0. The maximum atomic E-state index is 9.31. The van der Waals surface area contributed by atoms with E-state index in [1.807, 2.05) is 6.92 Å². The van der Waals surface area contributed by atoms with E-state index in [0.717, 1.165) is 39.1 Å². The van der Waals surface area contributed by atoms with Crippen LogP contribution < -0.4 is 5.32 Å². The van der Waals surface area contributed by atoms with Crippen LogP contribution in [0.15, 0.2) is 0 Å². The molecule has 2 unspecified atom stereocenters. The maximum absolute atomic E-state index is 9.31. The van der Waals surface area contributed by atoms with Gasteiger partial charge in [-0.25, -0.2) is 0 Å². The molecule has 4 heteroatoms. The minimum atomic E-state index is -0.322. The first-order valence-electron chi connectivity index (χ1n) is 7.64. The Labute approximate surface area is 117 Å². The van der Waals surface area contributed by atoms with Crippen LogP contribution in [0.3, 0.4) is 0 Å². The third-order valence-electron chi connectivity index (χ3n) is 4.22. The summed E-state index contributed by atoms with van der Waals surface area (Å²) in [6.07, 6.45) is 5.73. The number of unbranched alkanes of at least 4 members (excludes halogenated alkanes) is 1. The normalized spacial score (nSPS) is 27.7. The van der Waals surface area contributed by atoms with Crippen molar-refractivity contribution in [3.63, 3.8) is 0 Å².